The SMILES string of the molecule is Oc1c(OOc2ccc3ccccc3c2O)ccc2ccccc12. The zero-order chi connectivity index (χ0) is 16.5. The second-order valence-corrected chi connectivity index (χ2v) is 5.43. The van der Waals surface area contributed by atoms with Crippen LogP contribution in [0.1, 0.15) is 0 Å². The van der Waals surface area contributed by atoms with Crippen LogP contribution in [-0.2, 0) is 0 Å². The molecule has 0 aliphatic carbocycles. The molecule has 0 heterocycles. The van der Waals surface area contributed by atoms with Gasteiger partial charge in [-0.3, -0.25) is 9.78 Å². The lowest BCUT2D eigenvalue weighted by Crippen LogP contribution is -2.01. The molecule has 0 saturated carbocycles. The molecule has 0 aliphatic heterocycles. The summed E-state index contributed by atoms with van der Waals surface area (Å²) >= 11 is 0. The Bertz CT molecular complexity index is 955. The van der Waals surface area contributed by atoms with Gasteiger partial charge in [-0.1, -0.05) is 60.7 Å². The predicted octanol–water partition coefficient (Wildman–Crippen LogP) is 4.78. The summed E-state index contributed by atoms with van der Waals surface area (Å²) in [5.41, 5.74) is 0. The van der Waals surface area contributed by atoms with Gasteiger partial charge in [-0.25, -0.2) is 0 Å². The lowest BCUT2D eigenvalue weighted by atomic mass is 10.1. The van der Waals surface area contributed by atoms with Crippen molar-refractivity contribution in [3.05, 3.63) is 72.8 Å². The first-order valence-electron chi connectivity index (χ1n) is 7.50. The molecule has 0 amide bonds. The summed E-state index contributed by atoms with van der Waals surface area (Å²) in [5, 5.41) is 23.7. The van der Waals surface area contributed by atoms with E-state index < -0.39 is 0 Å². The third-order valence-electron chi connectivity index (χ3n) is 3.95. The van der Waals surface area contributed by atoms with Crippen LogP contribution in [0.25, 0.3) is 21.5 Å². The van der Waals surface area contributed by atoms with Crippen molar-refractivity contribution in [2.24, 2.45) is 0 Å². The van der Waals surface area contributed by atoms with E-state index in [-0.39, 0.29) is 23.0 Å². The fourth-order valence-electron chi connectivity index (χ4n) is 2.69. The Morgan fingerprint density at radius 1 is 0.500 bits per heavy atom. The molecule has 4 rings (SSSR count). The van der Waals surface area contributed by atoms with Gasteiger partial charge in [0.2, 0.25) is 11.5 Å². The molecule has 0 fully saturated rings. The van der Waals surface area contributed by atoms with Gasteiger partial charge in [0.25, 0.3) is 0 Å². The number of rotatable bonds is 3. The van der Waals surface area contributed by atoms with Crippen LogP contribution in [-0.4, -0.2) is 10.2 Å². The minimum absolute atomic E-state index is 0.00613. The summed E-state index contributed by atoms with van der Waals surface area (Å²) in [7, 11) is 0. The molecule has 4 aromatic carbocycles. The second kappa shape index (κ2) is 5.66. The molecule has 24 heavy (non-hydrogen) atoms. The highest BCUT2D eigenvalue weighted by Gasteiger charge is 2.12. The molecular weight excluding hydrogens is 304 g/mol. The van der Waals surface area contributed by atoms with Gasteiger partial charge in [0.05, 0.1) is 0 Å². The van der Waals surface area contributed by atoms with Crippen molar-refractivity contribution in [1.29, 1.82) is 0 Å². The van der Waals surface area contributed by atoms with Gasteiger partial charge in [-0.2, -0.15) is 0 Å². The smallest absolute Gasteiger partial charge is 0.220 e. The van der Waals surface area contributed by atoms with Crippen LogP contribution in [0.2, 0.25) is 0 Å². The normalized spacial score (nSPS) is 10.8. The fraction of sp³-hybridized carbons (Fsp3) is 0. The Morgan fingerprint density at radius 2 is 0.917 bits per heavy atom. The largest absolute Gasteiger partial charge is 0.504 e. The first-order chi connectivity index (χ1) is 11.7. The van der Waals surface area contributed by atoms with Crippen molar-refractivity contribution in [3.63, 3.8) is 0 Å². The van der Waals surface area contributed by atoms with Crippen LogP contribution in [0.4, 0.5) is 0 Å². The van der Waals surface area contributed by atoms with Crippen molar-refractivity contribution in [1.82, 2.24) is 0 Å². The van der Waals surface area contributed by atoms with E-state index in [4.69, 9.17) is 9.78 Å². The average molecular weight is 318 g/mol. The number of phenols is 2. The van der Waals surface area contributed by atoms with Crippen LogP contribution in [0.3, 0.4) is 0 Å². The van der Waals surface area contributed by atoms with Crippen molar-refractivity contribution in [3.8, 4) is 23.0 Å². The second-order valence-electron chi connectivity index (χ2n) is 5.43. The maximum atomic E-state index is 10.3. The number of hydrogen-bond acceptors (Lipinski definition) is 4. The monoisotopic (exact) mass is 318 g/mol. The Morgan fingerprint density at radius 3 is 1.38 bits per heavy atom. The van der Waals surface area contributed by atoms with Gasteiger partial charge in [0, 0.05) is 10.8 Å². The lowest BCUT2D eigenvalue weighted by molar-refractivity contribution is -0.103. The zero-order valence-electron chi connectivity index (χ0n) is 12.6. The van der Waals surface area contributed by atoms with Gasteiger partial charge < -0.3 is 10.2 Å². The van der Waals surface area contributed by atoms with Gasteiger partial charge in [0.15, 0.2) is 11.5 Å². The van der Waals surface area contributed by atoms with Crippen LogP contribution in [0.15, 0.2) is 72.8 Å². The van der Waals surface area contributed by atoms with E-state index in [2.05, 4.69) is 0 Å². The van der Waals surface area contributed by atoms with Crippen LogP contribution in [0.5, 0.6) is 23.0 Å². The summed E-state index contributed by atoms with van der Waals surface area (Å²) < 4.78 is 0. The summed E-state index contributed by atoms with van der Waals surface area (Å²) in [6, 6.07) is 21.7. The van der Waals surface area contributed by atoms with E-state index in [1.807, 2.05) is 48.5 Å². The highest BCUT2D eigenvalue weighted by atomic mass is 17.2. The molecule has 0 unspecified atom stereocenters. The van der Waals surface area contributed by atoms with E-state index >= 15 is 0 Å². The van der Waals surface area contributed by atoms with E-state index in [1.165, 1.54) is 0 Å². The zero-order valence-corrected chi connectivity index (χ0v) is 12.6. The molecule has 4 nitrogen and oxygen atoms in total. The number of hydrogen-bond donors (Lipinski definition) is 2. The van der Waals surface area contributed by atoms with E-state index in [9.17, 15) is 10.2 Å². The number of fused-ring (bicyclic) bond motifs is 2. The molecule has 0 saturated heterocycles. The third-order valence-corrected chi connectivity index (χ3v) is 3.95. The standard InChI is InChI=1S/C20H14O4/c21-19-15-7-3-1-5-13(15)9-11-17(19)23-24-18-12-10-14-6-2-4-8-16(14)20(18)22/h1-12,21-22H. The van der Waals surface area contributed by atoms with Crippen LogP contribution >= 0.6 is 0 Å². The van der Waals surface area contributed by atoms with Crippen molar-refractivity contribution in [2.75, 3.05) is 0 Å². The fourth-order valence-corrected chi connectivity index (χ4v) is 2.69. The van der Waals surface area contributed by atoms with Crippen molar-refractivity contribution >= 4 is 21.5 Å². The molecule has 0 aliphatic rings. The van der Waals surface area contributed by atoms with Crippen molar-refractivity contribution < 1.29 is 20.0 Å². The molecular formula is C20H14O4. The van der Waals surface area contributed by atoms with Gasteiger partial charge in [-0.15, -0.1) is 0 Å². The maximum absolute atomic E-state index is 10.3. The van der Waals surface area contributed by atoms with Gasteiger partial charge >= 0.3 is 0 Å². The van der Waals surface area contributed by atoms with Crippen LogP contribution < -0.4 is 9.78 Å². The van der Waals surface area contributed by atoms with Crippen molar-refractivity contribution in [2.45, 2.75) is 0 Å². The number of phenolic OH excluding ortho intramolecular Hbond substituents is 2. The minimum atomic E-state index is -0.00613. The summed E-state index contributed by atoms with van der Waals surface area (Å²) in [6.45, 7) is 0. The quantitative estimate of drug-likeness (QED) is 0.422. The number of benzene rings is 4. The molecule has 0 bridgehead atoms. The molecule has 0 radical (unpaired) electrons. The first-order valence-corrected chi connectivity index (χ1v) is 7.50. The highest BCUT2D eigenvalue weighted by Crippen LogP contribution is 2.37. The Balaban J connectivity index is 1.66. The molecule has 4 aromatic rings. The topological polar surface area (TPSA) is 58.9 Å². The first kappa shape index (κ1) is 14.2. The van der Waals surface area contributed by atoms with E-state index in [0.717, 1.165) is 10.8 Å². The van der Waals surface area contributed by atoms with Crippen LogP contribution in [0, 0.1) is 0 Å². The van der Waals surface area contributed by atoms with E-state index in [0.29, 0.717) is 10.8 Å². The number of aromatic hydroxyl groups is 2. The molecule has 0 spiro atoms. The molecule has 0 aromatic heterocycles. The predicted molar refractivity (Wildman–Crippen MR) is 92.5 cm³/mol. The minimum Gasteiger partial charge on any atom is -0.504 e. The summed E-state index contributed by atoms with van der Waals surface area (Å²) in [6.07, 6.45) is 0. The Kier molecular flexibility index (Phi) is 3.35. The Hall–Kier alpha value is -3.40. The van der Waals surface area contributed by atoms with E-state index in [1.54, 1.807) is 24.3 Å². The average Bonchev–Trinajstić information content (AvgIpc) is 2.63. The summed E-state index contributed by atoms with van der Waals surface area (Å²) in [4.78, 5) is 10.5. The van der Waals surface area contributed by atoms with Gasteiger partial charge in [-0.05, 0) is 22.9 Å². The molecule has 0 atom stereocenters. The third kappa shape index (κ3) is 2.34. The maximum Gasteiger partial charge on any atom is 0.220 e. The summed E-state index contributed by atoms with van der Waals surface area (Å²) in [5.74, 6) is 0.351. The molecule has 118 valence electrons. The van der Waals surface area contributed by atoms with Gasteiger partial charge in [0.1, 0.15) is 0 Å². The molecule has 2 N–H and O–H groups in total. The molecule has 4 heteroatoms. The lowest BCUT2D eigenvalue weighted by Gasteiger charge is -2.11. The Labute approximate surface area is 138 Å². The highest BCUT2D eigenvalue weighted by molar-refractivity contribution is 5.91.